The molecule has 0 aliphatic carbocycles. The maximum absolute atomic E-state index is 7.01. The molecule has 0 saturated carbocycles. The van der Waals surface area contributed by atoms with Crippen molar-refractivity contribution in [1.29, 1.82) is 5.41 Å². The number of nitrogens with zero attached hydrogens (tertiary/aromatic N) is 1. The van der Waals surface area contributed by atoms with Gasteiger partial charge in [0.25, 0.3) is 0 Å². The second-order valence-electron chi connectivity index (χ2n) is 1.38. The largest absolute Gasteiger partial charge is 0.305 e. The first kappa shape index (κ1) is 4.24. The Hall–Kier alpha value is -0.920. The fraction of sp³-hybridized carbons (Fsp3) is 0.200. The van der Waals surface area contributed by atoms with E-state index in [-0.39, 0.29) is 0 Å². The van der Waals surface area contributed by atoms with Gasteiger partial charge in [0.15, 0.2) is 0 Å². The average Bonchev–Trinajstić information content (AvgIpc) is 1.69. The molecule has 0 saturated heterocycles. The molecular weight excluding hydrogens is 88.1 g/mol. The molecule has 7 heavy (non-hydrogen) atoms. The summed E-state index contributed by atoms with van der Waals surface area (Å²) in [7, 11) is 0. The smallest absolute Gasteiger partial charge is 0.0382 e. The Morgan fingerprint density at radius 1 is 1.71 bits per heavy atom. The molecule has 2 nitrogen and oxygen atoms in total. The lowest BCUT2D eigenvalue weighted by atomic mass is 10.2. The molecule has 0 aromatic carbocycles. The van der Waals surface area contributed by atoms with Crippen LogP contribution in [0.4, 0.5) is 0 Å². The van der Waals surface area contributed by atoms with E-state index in [0.717, 1.165) is 0 Å². The van der Waals surface area contributed by atoms with Crippen molar-refractivity contribution in [2.24, 2.45) is 4.99 Å². The van der Waals surface area contributed by atoms with Crippen LogP contribution in [-0.2, 0) is 0 Å². The van der Waals surface area contributed by atoms with Crippen molar-refractivity contribution in [1.82, 2.24) is 0 Å². The lowest BCUT2D eigenvalue weighted by molar-refractivity contribution is 1.39. The van der Waals surface area contributed by atoms with Gasteiger partial charge < -0.3 is 5.41 Å². The van der Waals surface area contributed by atoms with Crippen LogP contribution in [-0.4, -0.2) is 11.9 Å². The third kappa shape index (κ3) is 0.961. The van der Waals surface area contributed by atoms with Gasteiger partial charge in [-0.3, -0.25) is 4.99 Å². The predicted molar refractivity (Wildman–Crippen MR) is 30.0 cm³/mol. The summed E-state index contributed by atoms with van der Waals surface area (Å²) in [6.07, 6.45) is 5.74. The number of aliphatic imine (C=N–C) groups is 1. The molecule has 36 valence electrons. The van der Waals surface area contributed by atoms with E-state index >= 15 is 0 Å². The fourth-order valence-electron chi connectivity index (χ4n) is 0.413. The van der Waals surface area contributed by atoms with Gasteiger partial charge in [-0.15, -0.1) is 0 Å². The highest BCUT2D eigenvalue weighted by Crippen LogP contribution is 1.89. The summed E-state index contributed by atoms with van der Waals surface area (Å²) < 4.78 is 0. The molecule has 0 atom stereocenters. The number of nitrogens with one attached hydrogen (secondary N) is 1. The van der Waals surface area contributed by atoms with Crippen molar-refractivity contribution < 1.29 is 0 Å². The van der Waals surface area contributed by atoms with Crippen molar-refractivity contribution in [2.45, 2.75) is 6.42 Å². The minimum Gasteiger partial charge on any atom is -0.305 e. The monoisotopic (exact) mass is 94.1 g/mol. The molecule has 1 aliphatic rings. The summed E-state index contributed by atoms with van der Waals surface area (Å²) in [5, 5.41) is 7.01. The Balaban J connectivity index is 2.66. The van der Waals surface area contributed by atoms with Crippen molar-refractivity contribution in [3.8, 4) is 0 Å². The topological polar surface area (TPSA) is 36.2 Å². The first-order valence-electron chi connectivity index (χ1n) is 2.15. The average molecular weight is 94.1 g/mol. The standard InChI is InChI=1S/C5H6N2/c6-5-1-3-7-4-2-5/h1,3-4,6H,2H2. The van der Waals surface area contributed by atoms with E-state index < -0.39 is 0 Å². The molecule has 0 bridgehead atoms. The van der Waals surface area contributed by atoms with Gasteiger partial charge in [-0.1, -0.05) is 0 Å². The highest BCUT2D eigenvalue weighted by Gasteiger charge is 1.88. The zero-order valence-electron chi connectivity index (χ0n) is 3.89. The Kier molecular flexibility index (Phi) is 1.02. The van der Waals surface area contributed by atoms with E-state index in [1.54, 1.807) is 18.5 Å². The zero-order valence-corrected chi connectivity index (χ0v) is 3.89. The van der Waals surface area contributed by atoms with E-state index in [9.17, 15) is 0 Å². The summed E-state index contributed by atoms with van der Waals surface area (Å²) in [4.78, 5) is 3.78. The minimum atomic E-state index is 0.634. The van der Waals surface area contributed by atoms with Crippen LogP contribution in [0.5, 0.6) is 0 Å². The highest BCUT2D eigenvalue weighted by atomic mass is 14.7. The zero-order chi connectivity index (χ0) is 5.11. The number of rotatable bonds is 0. The van der Waals surface area contributed by atoms with Crippen LogP contribution in [0, 0.1) is 5.41 Å². The Morgan fingerprint density at radius 2 is 2.57 bits per heavy atom. The number of hydrogen-bond donors (Lipinski definition) is 1. The maximum Gasteiger partial charge on any atom is 0.0382 e. The van der Waals surface area contributed by atoms with Crippen LogP contribution in [0.3, 0.4) is 0 Å². The molecule has 1 aliphatic heterocycles. The lowest BCUT2D eigenvalue weighted by Gasteiger charge is -1.92. The van der Waals surface area contributed by atoms with Crippen molar-refractivity contribution in [2.75, 3.05) is 0 Å². The molecule has 1 rings (SSSR count). The van der Waals surface area contributed by atoms with Gasteiger partial charge in [-0.25, -0.2) is 0 Å². The van der Waals surface area contributed by atoms with Gasteiger partial charge in [-0.05, 0) is 6.08 Å². The van der Waals surface area contributed by atoms with E-state index in [1.165, 1.54) is 0 Å². The molecule has 1 heterocycles. The highest BCUT2D eigenvalue weighted by molar-refractivity contribution is 6.02. The summed E-state index contributed by atoms with van der Waals surface area (Å²) in [6.45, 7) is 0. The SMILES string of the molecule is N=C1C=CN=CC1. The lowest BCUT2D eigenvalue weighted by Crippen LogP contribution is -1.93. The summed E-state index contributed by atoms with van der Waals surface area (Å²) in [5.41, 5.74) is 0.634. The summed E-state index contributed by atoms with van der Waals surface area (Å²) in [5.74, 6) is 0. The molecule has 0 spiro atoms. The molecule has 0 aromatic rings. The third-order valence-electron chi connectivity index (χ3n) is 0.778. The molecule has 1 N–H and O–H groups in total. The van der Waals surface area contributed by atoms with E-state index in [2.05, 4.69) is 4.99 Å². The second-order valence-corrected chi connectivity index (χ2v) is 1.38. The first-order valence-corrected chi connectivity index (χ1v) is 2.15. The quantitative estimate of drug-likeness (QED) is 0.465. The number of allylic oxidation sites excluding steroid dienone is 1. The van der Waals surface area contributed by atoms with Gasteiger partial charge in [0.2, 0.25) is 0 Å². The van der Waals surface area contributed by atoms with Crippen LogP contribution in [0.2, 0.25) is 0 Å². The third-order valence-corrected chi connectivity index (χ3v) is 0.778. The van der Waals surface area contributed by atoms with E-state index in [1.807, 2.05) is 0 Å². The Bertz CT molecular complexity index is 133. The van der Waals surface area contributed by atoms with Gasteiger partial charge in [0, 0.05) is 24.5 Å². The van der Waals surface area contributed by atoms with Crippen LogP contribution in [0.1, 0.15) is 6.42 Å². The molecule has 0 fully saturated rings. The Morgan fingerprint density at radius 3 is 2.86 bits per heavy atom. The molecule has 0 radical (unpaired) electrons. The van der Waals surface area contributed by atoms with Gasteiger partial charge in [-0.2, -0.15) is 0 Å². The summed E-state index contributed by atoms with van der Waals surface area (Å²) >= 11 is 0. The maximum atomic E-state index is 7.01. The summed E-state index contributed by atoms with van der Waals surface area (Å²) in [6, 6.07) is 0. The van der Waals surface area contributed by atoms with Crippen molar-refractivity contribution >= 4 is 11.9 Å². The molecule has 0 aromatic heterocycles. The van der Waals surface area contributed by atoms with Gasteiger partial charge >= 0.3 is 0 Å². The molecule has 2 heteroatoms. The molecule has 0 amide bonds. The molecular formula is C5H6N2. The predicted octanol–water partition coefficient (Wildman–Crippen LogP) is 0.994. The normalized spacial score (nSPS) is 18.0. The first-order chi connectivity index (χ1) is 3.39. The van der Waals surface area contributed by atoms with Crippen LogP contribution >= 0.6 is 0 Å². The van der Waals surface area contributed by atoms with Gasteiger partial charge in [0.05, 0.1) is 0 Å². The van der Waals surface area contributed by atoms with E-state index in [4.69, 9.17) is 5.41 Å². The van der Waals surface area contributed by atoms with Crippen molar-refractivity contribution in [3.05, 3.63) is 12.3 Å². The van der Waals surface area contributed by atoms with E-state index in [0.29, 0.717) is 12.1 Å². The second kappa shape index (κ2) is 1.69. The van der Waals surface area contributed by atoms with Crippen LogP contribution in [0.25, 0.3) is 0 Å². The van der Waals surface area contributed by atoms with Crippen LogP contribution < -0.4 is 0 Å². The minimum absolute atomic E-state index is 0.634. The van der Waals surface area contributed by atoms with Crippen molar-refractivity contribution in [3.63, 3.8) is 0 Å². The fourth-order valence-corrected chi connectivity index (χ4v) is 0.413. The number of hydrogen-bond acceptors (Lipinski definition) is 2. The van der Waals surface area contributed by atoms with Crippen LogP contribution in [0.15, 0.2) is 17.3 Å². The molecule has 0 unspecified atom stereocenters. The Labute approximate surface area is 42.1 Å². The van der Waals surface area contributed by atoms with Gasteiger partial charge in [0.1, 0.15) is 0 Å².